The summed E-state index contributed by atoms with van der Waals surface area (Å²) in [4.78, 5) is 13.8. The third kappa shape index (κ3) is 3.41. The van der Waals surface area contributed by atoms with Gasteiger partial charge in [0, 0.05) is 23.2 Å². The molecule has 1 aromatic carbocycles. The minimum absolute atomic E-state index is 0.0366. The van der Waals surface area contributed by atoms with Gasteiger partial charge in [0.15, 0.2) is 0 Å². The SMILES string of the molecule is C=C(C(=O)O)C1CC(C)(C)N(Cc2ccccc2)C(C)(C)C1. The summed E-state index contributed by atoms with van der Waals surface area (Å²) in [5, 5.41) is 9.26. The molecule has 1 aliphatic heterocycles. The summed E-state index contributed by atoms with van der Waals surface area (Å²) in [5.41, 5.74) is 1.50. The molecule has 22 heavy (non-hydrogen) atoms. The van der Waals surface area contributed by atoms with E-state index < -0.39 is 5.97 Å². The van der Waals surface area contributed by atoms with Gasteiger partial charge in [-0.3, -0.25) is 4.90 Å². The summed E-state index contributed by atoms with van der Waals surface area (Å²) in [7, 11) is 0. The van der Waals surface area contributed by atoms with E-state index in [1.165, 1.54) is 5.56 Å². The maximum atomic E-state index is 11.3. The second-order valence-corrected chi connectivity index (χ2v) is 7.63. The zero-order valence-corrected chi connectivity index (χ0v) is 14.1. The summed E-state index contributed by atoms with van der Waals surface area (Å²) >= 11 is 0. The number of nitrogens with zero attached hydrogens (tertiary/aromatic N) is 1. The van der Waals surface area contributed by atoms with Crippen LogP contribution in [-0.4, -0.2) is 27.1 Å². The fourth-order valence-corrected chi connectivity index (χ4v) is 3.93. The molecular formula is C19H27NO2. The van der Waals surface area contributed by atoms with Crippen LogP contribution in [0.25, 0.3) is 0 Å². The van der Waals surface area contributed by atoms with Crippen molar-refractivity contribution in [2.24, 2.45) is 5.92 Å². The Labute approximate surface area is 133 Å². The molecule has 0 radical (unpaired) electrons. The van der Waals surface area contributed by atoms with Crippen LogP contribution in [0.2, 0.25) is 0 Å². The molecule has 0 amide bonds. The standard InChI is InChI=1S/C19H27NO2/c1-14(17(21)22)16-11-18(2,3)20(19(4,5)12-16)13-15-9-7-6-8-10-15/h6-10,16H,1,11-13H2,2-5H3,(H,21,22). The van der Waals surface area contributed by atoms with Gasteiger partial charge in [0.2, 0.25) is 0 Å². The highest BCUT2D eigenvalue weighted by atomic mass is 16.4. The van der Waals surface area contributed by atoms with Crippen LogP contribution in [-0.2, 0) is 11.3 Å². The number of hydrogen-bond acceptors (Lipinski definition) is 2. The van der Waals surface area contributed by atoms with Crippen LogP contribution in [0.1, 0.15) is 46.1 Å². The number of piperidine rings is 1. The highest BCUT2D eigenvalue weighted by molar-refractivity contribution is 5.86. The van der Waals surface area contributed by atoms with E-state index in [9.17, 15) is 9.90 Å². The molecule has 1 aromatic rings. The van der Waals surface area contributed by atoms with Gasteiger partial charge >= 0.3 is 5.97 Å². The van der Waals surface area contributed by atoms with Gasteiger partial charge in [-0.05, 0) is 52.0 Å². The predicted octanol–water partition coefficient (Wildman–Crippen LogP) is 4.10. The third-order valence-corrected chi connectivity index (χ3v) is 4.90. The van der Waals surface area contributed by atoms with E-state index in [4.69, 9.17) is 0 Å². The molecule has 0 unspecified atom stereocenters. The van der Waals surface area contributed by atoms with Gasteiger partial charge in [-0.2, -0.15) is 0 Å². The first-order valence-electron chi connectivity index (χ1n) is 7.87. The van der Waals surface area contributed by atoms with E-state index in [2.05, 4.69) is 63.4 Å². The largest absolute Gasteiger partial charge is 0.478 e. The highest BCUT2D eigenvalue weighted by Gasteiger charge is 2.46. The molecule has 0 atom stereocenters. The Hall–Kier alpha value is -1.61. The summed E-state index contributed by atoms with van der Waals surface area (Å²) in [6.07, 6.45) is 1.66. The van der Waals surface area contributed by atoms with Gasteiger partial charge in [0.05, 0.1) is 0 Å². The van der Waals surface area contributed by atoms with Crippen molar-refractivity contribution in [3.05, 3.63) is 48.0 Å². The Morgan fingerprint density at radius 2 is 1.68 bits per heavy atom. The lowest BCUT2D eigenvalue weighted by molar-refractivity contribution is -0.134. The molecule has 1 fully saturated rings. The number of carboxylic acid groups (broad SMARTS) is 1. The molecule has 0 spiro atoms. The molecule has 0 saturated carbocycles. The van der Waals surface area contributed by atoms with E-state index in [1.807, 2.05) is 6.07 Å². The maximum Gasteiger partial charge on any atom is 0.331 e. The van der Waals surface area contributed by atoms with E-state index in [0.29, 0.717) is 5.57 Å². The van der Waals surface area contributed by atoms with Crippen LogP contribution in [0.5, 0.6) is 0 Å². The van der Waals surface area contributed by atoms with Crippen LogP contribution < -0.4 is 0 Å². The van der Waals surface area contributed by atoms with Crippen molar-refractivity contribution in [2.45, 2.75) is 58.2 Å². The topological polar surface area (TPSA) is 40.5 Å². The number of aliphatic carboxylic acids is 1. The second-order valence-electron chi connectivity index (χ2n) is 7.63. The number of likely N-dealkylation sites (tertiary alicyclic amines) is 1. The molecule has 1 saturated heterocycles. The van der Waals surface area contributed by atoms with Crippen molar-refractivity contribution >= 4 is 5.97 Å². The lowest BCUT2D eigenvalue weighted by Gasteiger charge is -2.55. The van der Waals surface area contributed by atoms with Crippen molar-refractivity contribution in [1.29, 1.82) is 0 Å². The smallest absolute Gasteiger partial charge is 0.331 e. The molecule has 3 nitrogen and oxygen atoms in total. The predicted molar refractivity (Wildman–Crippen MR) is 89.6 cm³/mol. The maximum absolute atomic E-state index is 11.3. The molecule has 2 rings (SSSR count). The number of rotatable bonds is 4. The zero-order valence-electron chi connectivity index (χ0n) is 14.1. The summed E-state index contributed by atoms with van der Waals surface area (Å²) < 4.78 is 0. The average Bonchev–Trinajstić information content (AvgIpc) is 2.42. The molecule has 3 heteroatoms. The number of carboxylic acids is 1. The average molecular weight is 301 g/mol. The first-order valence-corrected chi connectivity index (χ1v) is 7.87. The van der Waals surface area contributed by atoms with E-state index >= 15 is 0 Å². The summed E-state index contributed by atoms with van der Waals surface area (Å²) in [6, 6.07) is 10.5. The summed E-state index contributed by atoms with van der Waals surface area (Å²) in [6.45, 7) is 13.5. The minimum atomic E-state index is -0.867. The Kier molecular flexibility index (Phi) is 4.48. The highest BCUT2D eigenvalue weighted by Crippen LogP contribution is 2.44. The lowest BCUT2D eigenvalue weighted by Crippen LogP contribution is -2.60. The Morgan fingerprint density at radius 1 is 1.18 bits per heavy atom. The molecule has 1 aliphatic rings. The summed E-state index contributed by atoms with van der Waals surface area (Å²) in [5.74, 6) is -0.831. The number of carbonyl (C=O) groups is 1. The van der Waals surface area contributed by atoms with Crippen LogP contribution >= 0.6 is 0 Å². The lowest BCUT2D eigenvalue weighted by atomic mass is 9.71. The van der Waals surface area contributed by atoms with Gasteiger partial charge < -0.3 is 5.11 Å². The molecule has 0 aromatic heterocycles. The van der Waals surface area contributed by atoms with Crippen LogP contribution in [0.15, 0.2) is 42.5 Å². The van der Waals surface area contributed by atoms with Crippen molar-refractivity contribution < 1.29 is 9.90 Å². The minimum Gasteiger partial charge on any atom is -0.478 e. The van der Waals surface area contributed by atoms with E-state index in [0.717, 1.165) is 19.4 Å². The monoisotopic (exact) mass is 301 g/mol. The van der Waals surface area contributed by atoms with E-state index in [1.54, 1.807) is 0 Å². The van der Waals surface area contributed by atoms with Gasteiger partial charge in [-0.1, -0.05) is 36.9 Å². The number of benzene rings is 1. The zero-order chi connectivity index (χ0) is 16.5. The van der Waals surface area contributed by atoms with Crippen LogP contribution in [0, 0.1) is 5.92 Å². The van der Waals surface area contributed by atoms with Gasteiger partial charge in [0.1, 0.15) is 0 Å². The number of hydrogen-bond donors (Lipinski definition) is 1. The molecule has 1 heterocycles. The van der Waals surface area contributed by atoms with E-state index in [-0.39, 0.29) is 17.0 Å². The molecule has 0 aliphatic carbocycles. The second kappa shape index (κ2) is 5.88. The fraction of sp³-hybridized carbons (Fsp3) is 0.526. The fourth-order valence-electron chi connectivity index (χ4n) is 3.93. The first kappa shape index (κ1) is 16.8. The third-order valence-electron chi connectivity index (χ3n) is 4.90. The van der Waals surface area contributed by atoms with Crippen molar-refractivity contribution in [3.63, 3.8) is 0 Å². The quantitative estimate of drug-likeness (QED) is 0.851. The molecular weight excluding hydrogens is 274 g/mol. The Bertz CT molecular complexity index is 542. The van der Waals surface area contributed by atoms with Gasteiger partial charge in [0.25, 0.3) is 0 Å². The molecule has 1 N–H and O–H groups in total. The van der Waals surface area contributed by atoms with Crippen molar-refractivity contribution in [1.82, 2.24) is 4.90 Å². The normalized spacial score (nSPS) is 21.5. The Morgan fingerprint density at radius 3 is 2.14 bits per heavy atom. The van der Waals surface area contributed by atoms with Crippen LogP contribution in [0.4, 0.5) is 0 Å². The van der Waals surface area contributed by atoms with Crippen molar-refractivity contribution in [3.8, 4) is 0 Å². The van der Waals surface area contributed by atoms with Crippen LogP contribution in [0.3, 0.4) is 0 Å². The first-order chi connectivity index (χ1) is 10.1. The van der Waals surface area contributed by atoms with Gasteiger partial charge in [-0.25, -0.2) is 4.79 Å². The van der Waals surface area contributed by atoms with Gasteiger partial charge in [-0.15, -0.1) is 0 Å². The Balaban J connectivity index is 2.25. The van der Waals surface area contributed by atoms with Crippen molar-refractivity contribution in [2.75, 3.05) is 0 Å². The molecule has 0 bridgehead atoms. The molecule has 120 valence electrons.